The molecule has 0 saturated carbocycles. The normalized spacial score (nSPS) is 17.6. The Labute approximate surface area is 131 Å². The number of hydrogen-bond donors (Lipinski definition) is 2. The van der Waals surface area contributed by atoms with Crippen molar-refractivity contribution in [2.75, 3.05) is 19.4 Å². The second-order valence-electron chi connectivity index (χ2n) is 5.30. The summed E-state index contributed by atoms with van der Waals surface area (Å²) < 4.78 is 12.9. The molecule has 1 aliphatic heterocycles. The number of amides is 1. The number of aromatic nitrogens is 3. The lowest BCUT2D eigenvalue weighted by Gasteiger charge is -2.16. The van der Waals surface area contributed by atoms with Crippen LogP contribution in [0.25, 0.3) is 16.6 Å². The Kier molecular flexibility index (Phi) is 2.97. The molecule has 8 nitrogen and oxygen atoms in total. The lowest BCUT2D eigenvalue weighted by molar-refractivity contribution is -0.124. The number of methoxy groups -OCH3 is 1. The van der Waals surface area contributed by atoms with Crippen molar-refractivity contribution in [1.29, 1.82) is 0 Å². The van der Waals surface area contributed by atoms with Gasteiger partial charge in [-0.05, 0) is 6.07 Å². The summed E-state index contributed by atoms with van der Waals surface area (Å²) in [6, 6.07) is 5.30. The number of carbonyl (C=O) groups is 1. The molecular weight excluding hydrogens is 298 g/mol. The molecule has 1 atom stereocenters. The van der Waals surface area contributed by atoms with E-state index in [-0.39, 0.29) is 5.91 Å². The molecule has 0 bridgehead atoms. The summed E-state index contributed by atoms with van der Waals surface area (Å²) in [6.07, 6.45) is 1.75. The van der Waals surface area contributed by atoms with Gasteiger partial charge in [-0.15, -0.1) is 0 Å². The molecule has 3 N–H and O–H groups in total. The third-order valence-corrected chi connectivity index (χ3v) is 3.91. The van der Waals surface area contributed by atoms with Crippen molar-refractivity contribution in [3.63, 3.8) is 0 Å². The van der Waals surface area contributed by atoms with E-state index >= 15 is 0 Å². The van der Waals surface area contributed by atoms with Crippen LogP contribution in [0, 0.1) is 0 Å². The number of hydrogen-bond acceptors (Lipinski definition) is 6. The highest BCUT2D eigenvalue weighted by Crippen LogP contribution is 2.35. The maximum atomic E-state index is 11.7. The van der Waals surface area contributed by atoms with Crippen LogP contribution in [0.2, 0.25) is 0 Å². The van der Waals surface area contributed by atoms with Crippen molar-refractivity contribution in [2.45, 2.75) is 12.5 Å². The fraction of sp³-hybridized carbons (Fsp3) is 0.267. The van der Waals surface area contributed by atoms with Crippen molar-refractivity contribution in [3.05, 3.63) is 24.4 Å². The van der Waals surface area contributed by atoms with Crippen LogP contribution in [0.3, 0.4) is 0 Å². The predicted octanol–water partition coefficient (Wildman–Crippen LogP) is 0.741. The van der Waals surface area contributed by atoms with Crippen molar-refractivity contribution >= 4 is 28.3 Å². The molecule has 8 heteroatoms. The number of carbonyl (C=O) groups excluding carboxylic acids is 1. The first-order valence-corrected chi connectivity index (χ1v) is 7.22. The average Bonchev–Trinajstić information content (AvgIpc) is 3.16. The highest BCUT2D eigenvalue weighted by Gasteiger charge is 2.27. The van der Waals surface area contributed by atoms with E-state index in [1.54, 1.807) is 36.0 Å². The third-order valence-electron chi connectivity index (χ3n) is 3.91. The monoisotopic (exact) mass is 313 g/mol. The molecule has 1 aliphatic rings. The summed E-state index contributed by atoms with van der Waals surface area (Å²) in [7, 11) is 1.55. The molecule has 4 rings (SSSR count). The molecule has 0 radical (unpaired) electrons. The third kappa shape index (κ3) is 2.10. The molecule has 0 aliphatic carbocycles. The second kappa shape index (κ2) is 5.01. The smallest absolute Gasteiger partial charge is 0.261 e. The zero-order chi connectivity index (χ0) is 16.0. The second-order valence-corrected chi connectivity index (χ2v) is 5.30. The van der Waals surface area contributed by atoms with E-state index < -0.39 is 6.10 Å². The van der Waals surface area contributed by atoms with Crippen molar-refractivity contribution in [3.8, 4) is 11.5 Å². The summed E-state index contributed by atoms with van der Waals surface area (Å²) in [5, 5.41) is 7.68. The van der Waals surface area contributed by atoms with Gasteiger partial charge < -0.3 is 20.5 Å². The standard InChI is InChI=1S/C15H15N5O3/c1-22-11-7-9-8(14(16)19-13-3-5-18-20(9)13)6-12(11)23-10-2-4-17-15(10)21/h3,5-7,10H,2,4H2,1H3,(H2,16,19)(H,17,21)/t10-/m0/s1. The number of nitrogens with two attached hydrogens (primary N) is 1. The summed E-state index contributed by atoms with van der Waals surface area (Å²) in [6.45, 7) is 0.608. The average molecular weight is 313 g/mol. The first-order valence-electron chi connectivity index (χ1n) is 7.22. The summed E-state index contributed by atoms with van der Waals surface area (Å²) in [5.74, 6) is 1.22. The van der Waals surface area contributed by atoms with Crippen LogP contribution in [0.15, 0.2) is 24.4 Å². The zero-order valence-electron chi connectivity index (χ0n) is 12.4. The topological polar surface area (TPSA) is 104 Å². The predicted molar refractivity (Wildman–Crippen MR) is 83.5 cm³/mol. The minimum atomic E-state index is -0.524. The molecular formula is C15H15N5O3. The van der Waals surface area contributed by atoms with E-state index in [4.69, 9.17) is 15.2 Å². The molecule has 1 saturated heterocycles. The van der Waals surface area contributed by atoms with Crippen LogP contribution in [0.4, 0.5) is 5.82 Å². The Balaban J connectivity index is 1.89. The van der Waals surface area contributed by atoms with Crippen LogP contribution < -0.4 is 20.5 Å². The van der Waals surface area contributed by atoms with Crippen molar-refractivity contribution < 1.29 is 14.3 Å². The highest BCUT2D eigenvalue weighted by atomic mass is 16.5. The minimum absolute atomic E-state index is 0.124. The van der Waals surface area contributed by atoms with Crippen LogP contribution >= 0.6 is 0 Å². The van der Waals surface area contributed by atoms with E-state index in [1.165, 1.54) is 0 Å². The molecule has 3 aromatic rings. The fourth-order valence-corrected chi connectivity index (χ4v) is 2.77. The minimum Gasteiger partial charge on any atom is -0.493 e. The Hall–Kier alpha value is -3.03. The van der Waals surface area contributed by atoms with Gasteiger partial charge in [0.15, 0.2) is 23.3 Å². The van der Waals surface area contributed by atoms with Gasteiger partial charge in [0.1, 0.15) is 5.82 Å². The number of rotatable bonds is 3. The lowest BCUT2D eigenvalue weighted by Crippen LogP contribution is -2.27. The summed E-state index contributed by atoms with van der Waals surface area (Å²) in [5.41, 5.74) is 7.46. The molecule has 23 heavy (non-hydrogen) atoms. The summed E-state index contributed by atoms with van der Waals surface area (Å²) >= 11 is 0. The van der Waals surface area contributed by atoms with Gasteiger partial charge in [0, 0.05) is 30.5 Å². The van der Waals surface area contributed by atoms with E-state index in [9.17, 15) is 4.79 Å². The van der Waals surface area contributed by atoms with E-state index in [1.807, 2.05) is 0 Å². The van der Waals surface area contributed by atoms with Gasteiger partial charge in [-0.2, -0.15) is 5.10 Å². The van der Waals surface area contributed by atoms with Gasteiger partial charge in [0.05, 0.1) is 18.8 Å². The van der Waals surface area contributed by atoms with Gasteiger partial charge >= 0.3 is 0 Å². The lowest BCUT2D eigenvalue weighted by atomic mass is 10.2. The number of nitrogen functional groups attached to an aromatic ring is 1. The Bertz CT molecular complexity index is 920. The van der Waals surface area contributed by atoms with Gasteiger partial charge in [-0.1, -0.05) is 0 Å². The van der Waals surface area contributed by atoms with E-state index in [0.717, 1.165) is 5.52 Å². The van der Waals surface area contributed by atoms with Crippen LogP contribution in [0.1, 0.15) is 6.42 Å². The molecule has 118 valence electrons. The quantitative estimate of drug-likeness (QED) is 0.739. The fourth-order valence-electron chi connectivity index (χ4n) is 2.77. The Morgan fingerprint density at radius 2 is 2.26 bits per heavy atom. The van der Waals surface area contributed by atoms with Gasteiger partial charge in [-0.3, -0.25) is 4.79 Å². The first kappa shape index (κ1) is 13.6. The number of nitrogens with one attached hydrogen (secondary N) is 1. The number of fused-ring (bicyclic) bond motifs is 3. The van der Waals surface area contributed by atoms with E-state index in [2.05, 4.69) is 15.4 Å². The molecule has 1 fully saturated rings. The van der Waals surface area contributed by atoms with Gasteiger partial charge in [0.2, 0.25) is 0 Å². The first-order chi connectivity index (χ1) is 11.2. The maximum absolute atomic E-state index is 11.7. The number of ether oxygens (including phenoxy) is 2. The van der Waals surface area contributed by atoms with Gasteiger partial charge in [0.25, 0.3) is 5.91 Å². The number of benzene rings is 1. The number of anilines is 1. The SMILES string of the molecule is COc1cc2c(cc1O[C@H]1CCNC1=O)c(N)nc1ccnn12. The molecule has 0 spiro atoms. The zero-order valence-corrected chi connectivity index (χ0v) is 12.4. The van der Waals surface area contributed by atoms with Crippen LogP contribution in [0.5, 0.6) is 11.5 Å². The highest BCUT2D eigenvalue weighted by molar-refractivity contribution is 5.93. The van der Waals surface area contributed by atoms with Gasteiger partial charge in [-0.25, -0.2) is 9.50 Å². The van der Waals surface area contributed by atoms with Crippen molar-refractivity contribution in [2.24, 2.45) is 0 Å². The Morgan fingerprint density at radius 3 is 3.00 bits per heavy atom. The molecule has 0 unspecified atom stereocenters. The van der Waals surface area contributed by atoms with Crippen molar-refractivity contribution in [1.82, 2.24) is 19.9 Å². The summed E-state index contributed by atoms with van der Waals surface area (Å²) in [4.78, 5) is 16.0. The molecule has 3 heterocycles. The molecule has 2 aromatic heterocycles. The largest absolute Gasteiger partial charge is 0.493 e. The maximum Gasteiger partial charge on any atom is 0.261 e. The van der Waals surface area contributed by atoms with Crippen LogP contribution in [-0.4, -0.2) is 40.3 Å². The van der Waals surface area contributed by atoms with E-state index in [0.29, 0.717) is 41.3 Å². The molecule has 1 aromatic carbocycles. The van der Waals surface area contributed by atoms with Crippen LogP contribution in [-0.2, 0) is 4.79 Å². The Morgan fingerprint density at radius 1 is 1.39 bits per heavy atom. The number of nitrogens with zero attached hydrogens (tertiary/aromatic N) is 3. The molecule has 1 amide bonds.